The van der Waals surface area contributed by atoms with Crippen molar-refractivity contribution in [1.29, 1.82) is 0 Å². The van der Waals surface area contributed by atoms with E-state index in [1.165, 1.54) is 12.3 Å². The number of benzene rings is 1. The second kappa shape index (κ2) is 2.48. The van der Waals surface area contributed by atoms with Crippen LogP contribution in [0.4, 0.5) is 4.39 Å². The largest absolute Gasteiger partial charge is 0.464 e. The zero-order valence-corrected chi connectivity index (χ0v) is 6.38. The van der Waals surface area contributed by atoms with E-state index in [1.807, 2.05) is 0 Å². The minimum Gasteiger partial charge on any atom is -0.464 e. The fourth-order valence-electron chi connectivity index (χ4n) is 1.18. The Kier molecular flexibility index (Phi) is 1.47. The highest BCUT2D eigenvalue weighted by atomic mass is 19.1. The van der Waals surface area contributed by atoms with Gasteiger partial charge in [0.05, 0.1) is 11.6 Å². The molecule has 0 bridgehead atoms. The summed E-state index contributed by atoms with van der Waals surface area (Å²) in [6.07, 6.45) is 2.96. The summed E-state index contributed by atoms with van der Waals surface area (Å²) in [7, 11) is 0. The average molecular weight is 162 g/mol. The van der Waals surface area contributed by atoms with Crippen LogP contribution in [0.1, 0.15) is 5.56 Å². The molecule has 12 heavy (non-hydrogen) atoms. The first-order valence-corrected chi connectivity index (χ1v) is 3.61. The third kappa shape index (κ3) is 0.848. The van der Waals surface area contributed by atoms with Crippen molar-refractivity contribution >= 4 is 17.0 Å². The first kappa shape index (κ1) is 7.10. The van der Waals surface area contributed by atoms with Crippen molar-refractivity contribution in [3.63, 3.8) is 0 Å². The summed E-state index contributed by atoms with van der Waals surface area (Å²) >= 11 is 0. The van der Waals surface area contributed by atoms with Gasteiger partial charge in [-0.3, -0.25) is 0 Å². The van der Waals surface area contributed by atoms with E-state index in [-0.39, 0.29) is 5.82 Å². The summed E-state index contributed by atoms with van der Waals surface area (Å²) in [6, 6.07) is 4.99. The van der Waals surface area contributed by atoms with E-state index in [4.69, 9.17) is 4.42 Å². The number of hydrogen-bond acceptors (Lipinski definition) is 1. The van der Waals surface area contributed by atoms with E-state index in [0.29, 0.717) is 16.5 Å². The summed E-state index contributed by atoms with van der Waals surface area (Å²) in [5.41, 5.74) is 1.07. The Morgan fingerprint density at radius 2 is 2.17 bits per heavy atom. The molecule has 1 aromatic carbocycles. The van der Waals surface area contributed by atoms with Gasteiger partial charge < -0.3 is 4.42 Å². The van der Waals surface area contributed by atoms with E-state index >= 15 is 0 Å². The van der Waals surface area contributed by atoms with Gasteiger partial charge >= 0.3 is 0 Å². The van der Waals surface area contributed by atoms with Crippen LogP contribution in [0.5, 0.6) is 0 Å². The summed E-state index contributed by atoms with van der Waals surface area (Å²) in [5, 5.41) is 0.507. The minimum absolute atomic E-state index is 0.267. The zero-order chi connectivity index (χ0) is 8.55. The van der Waals surface area contributed by atoms with Gasteiger partial charge in [0.1, 0.15) is 11.4 Å². The van der Waals surface area contributed by atoms with E-state index in [1.54, 1.807) is 18.2 Å². The molecule has 1 aromatic heterocycles. The van der Waals surface area contributed by atoms with Crippen LogP contribution in [-0.4, -0.2) is 0 Å². The first-order chi connectivity index (χ1) is 5.83. The lowest BCUT2D eigenvalue weighted by atomic mass is 10.1. The molecule has 1 nitrogen and oxygen atoms in total. The van der Waals surface area contributed by atoms with Gasteiger partial charge in [-0.15, -0.1) is 0 Å². The van der Waals surface area contributed by atoms with Crippen LogP contribution in [0.15, 0.2) is 35.5 Å². The molecule has 60 valence electrons. The molecular formula is C10H7FO. The van der Waals surface area contributed by atoms with Gasteiger partial charge in [-0.2, -0.15) is 0 Å². The highest BCUT2D eigenvalue weighted by molar-refractivity contribution is 5.80. The molecule has 0 aliphatic carbocycles. The molecule has 0 unspecified atom stereocenters. The molecule has 1 heterocycles. The van der Waals surface area contributed by atoms with Crippen molar-refractivity contribution < 1.29 is 8.81 Å². The Morgan fingerprint density at radius 1 is 1.33 bits per heavy atom. The lowest BCUT2D eigenvalue weighted by molar-refractivity contribution is 0.610. The van der Waals surface area contributed by atoms with Crippen LogP contribution in [0.3, 0.4) is 0 Å². The summed E-state index contributed by atoms with van der Waals surface area (Å²) in [5.74, 6) is -0.267. The Bertz CT molecular complexity index is 428. The zero-order valence-electron chi connectivity index (χ0n) is 6.38. The van der Waals surface area contributed by atoms with Crippen LogP contribution in [0, 0.1) is 5.82 Å². The maximum absolute atomic E-state index is 13.4. The van der Waals surface area contributed by atoms with Crippen LogP contribution >= 0.6 is 0 Å². The summed E-state index contributed by atoms with van der Waals surface area (Å²) < 4.78 is 18.4. The molecule has 2 rings (SSSR count). The summed E-state index contributed by atoms with van der Waals surface area (Å²) in [4.78, 5) is 0. The van der Waals surface area contributed by atoms with Gasteiger partial charge in [0.2, 0.25) is 0 Å². The predicted molar refractivity (Wildman–Crippen MR) is 46.3 cm³/mol. The Labute approximate surface area is 69.1 Å². The molecule has 0 N–H and O–H groups in total. The van der Waals surface area contributed by atoms with Gasteiger partial charge in [0, 0.05) is 5.56 Å². The van der Waals surface area contributed by atoms with Crippen molar-refractivity contribution in [2.24, 2.45) is 0 Å². The molecule has 2 heteroatoms. The Hall–Kier alpha value is -1.57. The third-order valence-corrected chi connectivity index (χ3v) is 1.82. The fourth-order valence-corrected chi connectivity index (χ4v) is 1.18. The van der Waals surface area contributed by atoms with Gasteiger partial charge in [0.15, 0.2) is 0 Å². The maximum atomic E-state index is 13.4. The van der Waals surface area contributed by atoms with E-state index < -0.39 is 0 Å². The van der Waals surface area contributed by atoms with Gasteiger partial charge in [-0.05, 0) is 18.2 Å². The minimum atomic E-state index is -0.267. The molecule has 0 aliphatic rings. The molecule has 0 saturated heterocycles. The van der Waals surface area contributed by atoms with Crippen molar-refractivity contribution in [1.82, 2.24) is 0 Å². The van der Waals surface area contributed by atoms with Crippen LogP contribution in [0.2, 0.25) is 0 Å². The monoisotopic (exact) mass is 162 g/mol. The number of hydrogen-bond donors (Lipinski definition) is 0. The van der Waals surface area contributed by atoms with E-state index in [0.717, 1.165) is 0 Å². The molecular weight excluding hydrogens is 155 g/mol. The molecule has 0 radical (unpaired) electrons. The van der Waals surface area contributed by atoms with Crippen molar-refractivity contribution in [2.45, 2.75) is 0 Å². The average Bonchev–Trinajstić information content (AvgIpc) is 2.53. The van der Waals surface area contributed by atoms with Crippen LogP contribution in [-0.2, 0) is 0 Å². The number of halogens is 1. The van der Waals surface area contributed by atoms with E-state index in [2.05, 4.69) is 6.58 Å². The molecule has 0 atom stereocenters. The topological polar surface area (TPSA) is 13.1 Å². The number of furan rings is 1. The van der Waals surface area contributed by atoms with Crippen molar-refractivity contribution in [3.05, 3.63) is 42.4 Å². The van der Waals surface area contributed by atoms with E-state index in [9.17, 15) is 4.39 Å². The van der Waals surface area contributed by atoms with Crippen molar-refractivity contribution in [2.75, 3.05) is 0 Å². The van der Waals surface area contributed by atoms with Gasteiger partial charge in [-0.1, -0.05) is 12.7 Å². The first-order valence-electron chi connectivity index (χ1n) is 3.61. The lowest BCUT2D eigenvalue weighted by Gasteiger charge is -1.95. The molecule has 0 amide bonds. The Morgan fingerprint density at radius 3 is 2.92 bits per heavy atom. The normalized spacial score (nSPS) is 10.4. The second-order valence-corrected chi connectivity index (χ2v) is 2.51. The second-order valence-electron chi connectivity index (χ2n) is 2.51. The molecule has 0 spiro atoms. The molecule has 0 saturated carbocycles. The third-order valence-electron chi connectivity index (χ3n) is 1.82. The predicted octanol–water partition coefficient (Wildman–Crippen LogP) is 3.21. The van der Waals surface area contributed by atoms with Gasteiger partial charge in [-0.25, -0.2) is 4.39 Å². The SMILES string of the molecule is C=Cc1ccc2occc2c1F. The van der Waals surface area contributed by atoms with Crippen LogP contribution < -0.4 is 0 Å². The van der Waals surface area contributed by atoms with Crippen LogP contribution in [0.25, 0.3) is 17.0 Å². The lowest BCUT2D eigenvalue weighted by Crippen LogP contribution is -1.80. The fraction of sp³-hybridized carbons (Fsp3) is 0. The summed E-state index contributed by atoms with van der Waals surface area (Å²) in [6.45, 7) is 3.51. The molecule has 0 fully saturated rings. The molecule has 0 aliphatic heterocycles. The highest BCUT2D eigenvalue weighted by Crippen LogP contribution is 2.22. The maximum Gasteiger partial charge on any atom is 0.141 e. The number of fused-ring (bicyclic) bond motifs is 1. The Balaban J connectivity index is 2.86. The quantitative estimate of drug-likeness (QED) is 0.627. The highest BCUT2D eigenvalue weighted by Gasteiger charge is 2.05. The molecule has 2 aromatic rings. The number of rotatable bonds is 1. The standard InChI is InChI=1S/C10H7FO/c1-2-7-3-4-9-8(10(7)11)5-6-12-9/h2-6H,1H2. The smallest absolute Gasteiger partial charge is 0.141 e. The van der Waals surface area contributed by atoms with Crippen molar-refractivity contribution in [3.8, 4) is 0 Å². The van der Waals surface area contributed by atoms with Gasteiger partial charge in [0.25, 0.3) is 0 Å².